The molecule has 3 rings (SSSR count). The van der Waals surface area contributed by atoms with E-state index >= 15 is 0 Å². The molecule has 150 valence electrons. The van der Waals surface area contributed by atoms with Crippen molar-refractivity contribution in [1.29, 1.82) is 0 Å². The van der Waals surface area contributed by atoms with Gasteiger partial charge in [-0.2, -0.15) is 4.98 Å². The fraction of sp³-hybridized carbons (Fsp3) is 0.421. The number of aromatic nitrogens is 4. The molecule has 0 atom stereocenters. The highest BCUT2D eigenvalue weighted by Crippen LogP contribution is 2.20. The summed E-state index contributed by atoms with van der Waals surface area (Å²) in [5, 5.41) is 12.2. The van der Waals surface area contributed by atoms with Crippen LogP contribution in [0.4, 0.5) is 5.95 Å². The van der Waals surface area contributed by atoms with Gasteiger partial charge in [-0.05, 0) is 30.5 Å². The molecular formula is C19H25N5O4. The van der Waals surface area contributed by atoms with Crippen molar-refractivity contribution in [3.63, 3.8) is 0 Å². The summed E-state index contributed by atoms with van der Waals surface area (Å²) in [5.41, 5.74) is 0.818. The van der Waals surface area contributed by atoms with E-state index in [-0.39, 0.29) is 6.61 Å². The topological polar surface area (TPSA) is 103 Å². The van der Waals surface area contributed by atoms with Gasteiger partial charge in [0.25, 0.3) is 5.56 Å². The first-order valence-corrected chi connectivity index (χ1v) is 9.11. The molecule has 3 aromatic rings. The number of ether oxygens (including phenoxy) is 1. The van der Waals surface area contributed by atoms with E-state index in [0.717, 1.165) is 22.3 Å². The molecule has 0 radical (unpaired) electrons. The van der Waals surface area contributed by atoms with E-state index in [1.807, 2.05) is 24.3 Å². The molecule has 0 aliphatic heterocycles. The number of hydrogen-bond donors (Lipinski definition) is 2. The Kier molecular flexibility index (Phi) is 5.84. The first-order valence-electron chi connectivity index (χ1n) is 9.11. The fourth-order valence-electron chi connectivity index (χ4n) is 3.13. The van der Waals surface area contributed by atoms with Gasteiger partial charge in [0.2, 0.25) is 5.95 Å². The molecule has 1 aromatic carbocycles. The lowest BCUT2D eigenvalue weighted by molar-refractivity contribution is 0.286. The van der Waals surface area contributed by atoms with Crippen molar-refractivity contribution in [2.45, 2.75) is 19.4 Å². The number of aryl methyl sites for hydroxylation is 1. The number of hydrogen-bond acceptors (Lipinski definition) is 6. The van der Waals surface area contributed by atoms with Crippen LogP contribution >= 0.6 is 0 Å². The van der Waals surface area contributed by atoms with E-state index in [2.05, 4.69) is 10.3 Å². The maximum atomic E-state index is 12.8. The molecule has 2 N–H and O–H groups in total. The van der Waals surface area contributed by atoms with Crippen LogP contribution in [-0.2, 0) is 20.6 Å². The van der Waals surface area contributed by atoms with Crippen LogP contribution in [0.25, 0.3) is 11.2 Å². The number of nitrogens with zero attached hydrogens (tertiary/aromatic N) is 4. The summed E-state index contributed by atoms with van der Waals surface area (Å²) in [7, 11) is 4.66. The largest absolute Gasteiger partial charge is 0.497 e. The Morgan fingerprint density at radius 1 is 1.18 bits per heavy atom. The van der Waals surface area contributed by atoms with Gasteiger partial charge in [-0.25, -0.2) is 4.79 Å². The van der Waals surface area contributed by atoms with Crippen molar-refractivity contribution in [3.05, 3.63) is 50.7 Å². The van der Waals surface area contributed by atoms with Gasteiger partial charge < -0.3 is 15.2 Å². The molecule has 0 amide bonds. The highest BCUT2D eigenvalue weighted by Gasteiger charge is 2.19. The molecule has 0 fully saturated rings. The quantitative estimate of drug-likeness (QED) is 0.551. The lowest BCUT2D eigenvalue weighted by Gasteiger charge is -2.12. The molecule has 0 unspecified atom stereocenters. The third-order valence-corrected chi connectivity index (χ3v) is 4.69. The minimum atomic E-state index is -0.421. The van der Waals surface area contributed by atoms with Gasteiger partial charge in [-0.1, -0.05) is 12.1 Å². The molecule has 0 spiro atoms. The SMILES string of the molecule is COc1cccc(Cn2c(NCCCCO)nc3c2c(=O)n(C)c(=O)n3C)c1. The third kappa shape index (κ3) is 3.65. The molecular weight excluding hydrogens is 362 g/mol. The summed E-state index contributed by atoms with van der Waals surface area (Å²) in [6.07, 6.45) is 1.43. The van der Waals surface area contributed by atoms with Crippen molar-refractivity contribution in [2.24, 2.45) is 14.1 Å². The summed E-state index contributed by atoms with van der Waals surface area (Å²) >= 11 is 0. The minimum absolute atomic E-state index is 0.122. The average molecular weight is 387 g/mol. The summed E-state index contributed by atoms with van der Waals surface area (Å²) < 4.78 is 9.53. The number of methoxy groups -OCH3 is 1. The summed E-state index contributed by atoms with van der Waals surface area (Å²) in [6, 6.07) is 7.58. The van der Waals surface area contributed by atoms with Crippen LogP contribution in [0, 0.1) is 0 Å². The van der Waals surface area contributed by atoms with Crippen LogP contribution in [0.2, 0.25) is 0 Å². The van der Waals surface area contributed by atoms with Crippen molar-refractivity contribution in [1.82, 2.24) is 18.7 Å². The number of unbranched alkanes of at least 4 members (excludes halogenated alkanes) is 1. The number of rotatable bonds is 8. The second-order valence-electron chi connectivity index (χ2n) is 6.61. The Morgan fingerprint density at radius 2 is 1.96 bits per heavy atom. The van der Waals surface area contributed by atoms with Gasteiger partial charge in [0.15, 0.2) is 11.2 Å². The van der Waals surface area contributed by atoms with Gasteiger partial charge >= 0.3 is 5.69 Å². The van der Waals surface area contributed by atoms with Crippen LogP contribution < -0.4 is 21.3 Å². The highest BCUT2D eigenvalue weighted by molar-refractivity contribution is 5.74. The molecule has 0 aliphatic rings. The first-order chi connectivity index (χ1) is 13.5. The standard InChI is InChI=1S/C19H25N5O4/c1-22-16-15(17(26)23(2)19(22)27)24(18(21-16)20-9-4-5-10-25)12-13-7-6-8-14(11-13)28-3/h6-8,11,25H,4-5,9-10,12H2,1-3H3,(H,20,21). The van der Waals surface area contributed by atoms with E-state index in [1.165, 1.54) is 11.6 Å². The number of anilines is 1. The van der Waals surface area contributed by atoms with Crippen LogP contribution in [0.5, 0.6) is 5.75 Å². The summed E-state index contributed by atoms with van der Waals surface area (Å²) in [5.74, 6) is 1.23. The first kappa shape index (κ1) is 19.7. The lowest BCUT2D eigenvalue weighted by Crippen LogP contribution is -2.37. The molecule has 28 heavy (non-hydrogen) atoms. The Hall–Kier alpha value is -3.07. The second kappa shape index (κ2) is 8.30. The molecule has 0 saturated carbocycles. The van der Waals surface area contributed by atoms with Crippen LogP contribution in [0.3, 0.4) is 0 Å². The maximum absolute atomic E-state index is 12.8. The van der Waals surface area contributed by atoms with Crippen molar-refractivity contribution in [3.8, 4) is 5.75 Å². The minimum Gasteiger partial charge on any atom is -0.497 e. The van der Waals surface area contributed by atoms with Gasteiger partial charge in [0, 0.05) is 27.2 Å². The smallest absolute Gasteiger partial charge is 0.332 e. The highest BCUT2D eigenvalue weighted by atomic mass is 16.5. The fourth-order valence-corrected chi connectivity index (χ4v) is 3.13. The average Bonchev–Trinajstić information content (AvgIpc) is 3.06. The van der Waals surface area contributed by atoms with E-state index < -0.39 is 11.2 Å². The zero-order chi connectivity index (χ0) is 20.3. The molecule has 9 heteroatoms. The normalized spacial score (nSPS) is 11.1. The van der Waals surface area contributed by atoms with E-state index in [0.29, 0.717) is 36.6 Å². The molecule has 2 aromatic heterocycles. The maximum Gasteiger partial charge on any atom is 0.332 e. The number of fused-ring (bicyclic) bond motifs is 1. The Labute approximate surface area is 161 Å². The predicted octanol–water partition coefficient (Wildman–Crippen LogP) is 0.675. The monoisotopic (exact) mass is 387 g/mol. The lowest BCUT2D eigenvalue weighted by atomic mass is 10.2. The predicted molar refractivity (Wildman–Crippen MR) is 107 cm³/mol. The van der Waals surface area contributed by atoms with Crippen molar-refractivity contribution in [2.75, 3.05) is 25.6 Å². The summed E-state index contributed by atoms with van der Waals surface area (Å²) in [6.45, 7) is 1.11. The van der Waals surface area contributed by atoms with Crippen LogP contribution in [-0.4, -0.2) is 44.1 Å². The van der Waals surface area contributed by atoms with E-state index in [4.69, 9.17) is 9.84 Å². The van der Waals surface area contributed by atoms with E-state index in [1.54, 1.807) is 18.7 Å². The van der Waals surface area contributed by atoms with Gasteiger partial charge in [0.1, 0.15) is 5.75 Å². The van der Waals surface area contributed by atoms with Crippen LogP contribution in [0.15, 0.2) is 33.9 Å². The van der Waals surface area contributed by atoms with Crippen molar-refractivity contribution < 1.29 is 9.84 Å². The molecule has 0 aliphatic carbocycles. The van der Waals surface area contributed by atoms with E-state index in [9.17, 15) is 9.59 Å². The zero-order valence-electron chi connectivity index (χ0n) is 16.3. The van der Waals surface area contributed by atoms with Crippen LogP contribution in [0.1, 0.15) is 18.4 Å². The second-order valence-corrected chi connectivity index (χ2v) is 6.61. The van der Waals surface area contributed by atoms with Gasteiger partial charge in [0.05, 0.1) is 13.7 Å². The van der Waals surface area contributed by atoms with Gasteiger partial charge in [-0.15, -0.1) is 0 Å². The Balaban J connectivity index is 2.13. The molecule has 2 heterocycles. The number of aliphatic hydroxyl groups excluding tert-OH is 1. The number of nitrogens with one attached hydrogen (secondary N) is 1. The van der Waals surface area contributed by atoms with Gasteiger partial charge in [-0.3, -0.25) is 18.5 Å². The molecule has 0 saturated heterocycles. The Bertz CT molecular complexity index is 1100. The summed E-state index contributed by atoms with van der Waals surface area (Å²) in [4.78, 5) is 29.6. The third-order valence-electron chi connectivity index (χ3n) is 4.69. The number of aliphatic hydroxyl groups is 1. The number of benzene rings is 1. The molecule has 9 nitrogen and oxygen atoms in total. The van der Waals surface area contributed by atoms with Crippen molar-refractivity contribution >= 4 is 17.1 Å². The molecule has 0 bridgehead atoms. The zero-order valence-corrected chi connectivity index (χ0v) is 16.3. The Morgan fingerprint density at radius 3 is 2.68 bits per heavy atom. The number of imidazole rings is 1.